The van der Waals surface area contributed by atoms with E-state index in [4.69, 9.17) is 11.6 Å². The highest BCUT2D eigenvalue weighted by Gasteiger charge is 2.34. The maximum Gasteiger partial charge on any atom is 0.227 e. The van der Waals surface area contributed by atoms with Crippen LogP contribution in [0.2, 0.25) is 5.02 Å². The van der Waals surface area contributed by atoms with Crippen molar-refractivity contribution in [3.63, 3.8) is 0 Å². The van der Waals surface area contributed by atoms with Gasteiger partial charge < -0.3 is 10.6 Å². The molecule has 1 aliphatic heterocycles. The van der Waals surface area contributed by atoms with E-state index in [9.17, 15) is 4.79 Å². The van der Waals surface area contributed by atoms with Crippen LogP contribution in [0.15, 0.2) is 24.3 Å². The summed E-state index contributed by atoms with van der Waals surface area (Å²) >= 11 is 5.98. The Bertz CT molecular complexity index is 469. The lowest BCUT2D eigenvalue weighted by Gasteiger charge is -2.33. The quantitative estimate of drug-likeness (QED) is 0.896. The Labute approximate surface area is 126 Å². The number of nitrogens with one attached hydrogen (secondary N) is 2. The molecule has 1 heterocycles. The summed E-state index contributed by atoms with van der Waals surface area (Å²) in [5.74, 6) is 0.152. The Kier molecular flexibility index (Phi) is 5.06. The molecule has 2 atom stereocenters. The molecule has 0 spiro atoms. The molecule has 1 amide bonds. The van der Waals surface area contributed by atoms with E-state index in [0.29, 0.717) is 0 Å². The Morgan fingerprint density at radius 2 is 2.35 bits per heavy atom. The maximum absolute atomic E-state index is 12.4. The molecular weight excluding hydrogens is 272 g/mol. The lowest BCUT2D eigenvalue weighted by Crippen LogP contribution is -2.51. The van der Waals surface area contributed by atoms with Crippen molar-refractivity contribution in [3.8, 4) is 0 Å². The van der Waals surface area contributed by atoms with Crippen molar-refractivity contribution < 1.29 is 4.79 Å². The van der Waals surface area contributed by atoms with Crippen LogP contribution in [-0.2, 0) is 11.2 Å². The fourth-order valence-electron chi connectivity index (χ4n) is 2.72. The van der Waals surface area contributed by atoms with Gasteiger partial charge >= 0.3 is 0 Å². The lowest BCUT2D eigenvalue weighted by atomic mass is 9.81. The third-order valence-corrected chi connectivity index (χ3v) is 4.19. The zero-order valence-electron chi connectivity index (χ0n) is 12.2. The minimum atomic E-state index is -0.277. The van der Waals surface area contributed by atoms with Crippen molar-refractivity contribution in [2.75, 3.05) is 13.1 Å². The molecule has 1 saturated heterocycles. The first-order valence-electron chi connectivity index (χ1n) is 7.26. The predicted octanol–water partition coefficient (Wildman–Crippen LogP) is 2.78. The van der Waals surface area contributed by atoms with Gasteiger partial charge in [0.1, 0.15) is 0 Å². The molecule has 1 aromatic rings. The number of amides is 1. The van der Waals surface area contributed by atoms with Crippen LogP contribution >= 0.6 is 11.6 Å². The smallest absolute Gasteiger partial charge is 0.227 e. The van der Waals surface area contributed by atoms with Crippen molar-refractivity contribution in [2.45, 2.75) is 39.2 Å². The second kappa shape index (κ2) is 6.59. The molecule has 2 rings (SSSR count). The number of hydrogen-bond acceptors (Lipinski definition) is 2. The molecule has 20 heavy (non-hydrogen) atoms. The first kappa shape index (κ1) is 15.3. The summed E-state index contributed by atoms with van der Waals surface area (Å²) in [6.45, 7) is 5.86. The van der Waals surface area contributed by atoms with E-state index in [1.807, 2.05) is 38.1 Å². The molecule has 1 aromatic carbocycles. The van der Waals surface area contributed by atoms with E-state index >= 15 is 0 Å². The van der Waals surface area contributed by atoms with E-state index in [2.05, 4.69) is 10.6 Å². The SMILES string of the molecule is CC(Cc1cccc(Cl)c1)NC(=O)C1(C)CCCNC1. The van der Waals surface area contributed by atoms with Crippen molar-refractivity contribution in [1.82, 2.24) is 10.6 Å². The van der Waals surface area contributed by atoms with Gasteiger partial charge in [-0.15, -0.1) is 0 Å². The molecule has 1 fully saturated rings. The summed E-state index contributed by atoms with van der Waals surface area (Å²) in [5, 5.41) is 7.18. The monoisotopic (exact) mass is 294 g/mol. The van der Waals surface area contributed by atoms with Gasteiger partial charge in [0, 0.05) is 17.6 Å². The fourth-order valence-corrected chi connectivity index (χ4v) is 2.93. The highest BCUT2D eigenvalue weighted by Crippen LogP contribution is 2.25. The van der Waals surface area contributed by atoms with E-state index in [0.717, 1.165) is 42.9 Å². The number of halogens is 1. The molecule has 0 radical (unpaired) electrons. The van der Waals surface area contributed by atoms with Crippen molar-refractivity contribution in [3.05, 3.63) is 34.9 Å². The van der Waals surface area contributed by atoms with Gasteiger partial charge in [-0.3, -0.25) is 4.79 Å². The Balaban J connectivity index is 1.90. The summed E-state index contributed by atoms with van der Waals surface area (Å²) in [7, 11) is 0. The summed E-state index contributed by atoms with van der Waals surface area (Å²) in [4.78, 5) is 12.4. The molecule has 4 heteroatoms. The van der Waals surface area contributed by atoms with Crippen LogP contribution in [-0.4, -0.2) is 25.0 Å². The van der Waals surface area contributed by atoms with Crippen LogP contribution in [0.5, 0.6) is 0 Å². The van der Waals surface area contributed by atoms with Crippen molar-refractivity contribution >= 4 is 17.5 Å². The zero-order chi connectivity index (χ0) is 14.6. The first-order valence-corrected chi connectivity index (χ1v) is 7.63. The van der Waals surface area contributed by atoms with Gasteiger partial charge in [-0.2, -0.15) is 0 Å². The van der Waals surface area contributed by atoms with Gasteiger partial charge in [-0.25, -0.2) is 0 Å². The number of benzene rings is 1. The second-order valence-corrected chi connectivity index (χ2v) is 6.49. The number of carbonyl (C=O) groups excluding carboxylic acids is 1. The standard InChI is InChI=1S/C16H23ClN2O/c1-12(9-13-5-3-6-14(17)10-13)19-15(20)16(2)7-4-8-18-11-16/h3,5-6,10,12,18H,4,7-9,11H2,1-2H3,(H,19,20). The molecule has 0 saturated carbocycles. The molecule has 0 aliphatic carbocycles. The van der Waals surface area contributed by atoms with Gasteiger partial charge in [-0.05, 0) is 57.4 Å². The number of piperidine rings is 1. The molecule has 110 valence electrons. The average molecular weight is 295 g/mol. The van der Waals surface area contributed by atoms with Gasteiger partial charge in [0.25, 0.3) is 0 Å². The third-order valence-electron chi connectivity index (χ3n) is 3.95. The molecule has 2 N–H and O–H groups in total. The zero-order valence-corrected chi connectivity index (χ0v) is 13.0. The van der Waals surface area contributed by atoms with E-state index in [-0.39, 0.29) is 17.4 Å². The number of rotatable bonds is 4. The number of carbonyl (C=O) groups is 1. The van der Waals surface area contributed by atoms with Crippen LogP contribution < -0.4 is 10.6 Å². The van der Waals surface area contributed by atoms with Crippen LogP contribution in [0.3, 0.4) is 0 Å². The van der Waals surface area contributed by atoms with E-state index in [1.165, 1.54) is 0 Å². The van der Waals surface area contributed by atoms with Gasteiger partial charge in [0.05, 0.1) is 5.41 Å². The van der Waals surface area contributed by atoms with Crippen LogP contribution in [0.4, 0.5) is 0 Å². The third kappa shape index (κ3) is 3.97. The highest BCUT2D eigenvalue weighted by molar-refractivity contribution is 6.30. The molecule has 1 aliphatic rings. The minimum absolute atomic E-state index is 0.111. The second-order valence-electron chi connectivity index (χ2n) is 6.05. The summed E-state index contributed by atoms with van der Waals surface area (Å²) in [5.41, 5.74) is 0.873. The minimum Gasteiger partial charge on any atom is -0.353 e. The molecule has 2 unspecified atom stereocenters. The van der Waals surface area contributed by atoms with Crippen LogP contribution in [0.1, 0.15) is 32.3 Å². The van der Waals surface area contributed by atoms with Crippen molar-refractivity contribution in [1.29, 1.82) is 0 Å². The predicted molar refractivity (Wildman–Crippen MR) is 83.0 cm³/mol. The van der Waals surface area contributed by atoms with Crippen LogP contribution in [0, 0.1) is 5.41 Å². The number of hydrogen-bond donors (Lipinski definition) is 2. The van der Waals surface area contributed by atoms with Gasteiger partial charge in [0.15, 0.2) is 0 Å². The van der Waals surface area contributed by atoms with Crippen molar-refractivity contribution in [2.24, 2.45) is 5.41 Å². The first-order chi connectivity index (χ1) is 9.49. The normalized spacial score (nSPS) is 24.1. The Hall–Kier alpha value is -1.06. The Morgan fingerprint density at radius 1 is 1.55 bits per heavy atom. The Morgan fingerprint density at radius 3 is 3.00 bits per heavy atom. The fraction of sp³-hybridized carbons (Fsp3) is 0.562. The molecule has 0 bridgehead atoms. The van der Waals surface area contributed by atoms with Crippen LogP contribution in [0.25, 0.3) is 0 Å². The van der Waals surface area contributed by atoms with Gasteiger partial charge in [0.2, 0.25) is 5.91 Å². The largest absolute Gasteiger partial charge is 0.353 e. The highest BCUT2D eigenvalue weighted by atomic mass is 35.5. The summed E-state index contributed by atoms with van der Waals surface area (Å²) in [6.07, 6.45) is 2.82. The van der Waals surface area contributed by atoms with E-state index in [1.54, 1.807) is 0 Å². The van der Waals surface area contributed by atoms with Gasteiger partial charge in [-0.1, -0.05) is 23.7 Å². The topological polar surface area (TPSA) is 41.1 Å². The lowest BCUT2D eigenvalue weighted by molar-refractivity contribution is -0.131. The summed E-state index contributed by atoms with van der Waals surface area (Å²) in [6, 6.07) is 7.91. The van der Waals surface area contributed by atoms with E-state index < -0.39 is 0 Å². The average Bonchev–Trinajstić information content (AvgIpc) is 2.39. The maximum atomic E-state index is 12.4. The molecule has 0 aromatic heterocycles. The molecular formula is C16H23ClN2O. The molecule has 3 nitrogen and oxygen atoms in total. The summed E-state index contributed by atoms with van der Waals surface area (Å²) < 4.78 is 0.